The Kier molecular flexibility index (Phi) is 4.34. The van der Waals surface area contributed by atoms with E-state index < -0.39 is 0 Å². The molecule has 2 aromatic rings. The summed E-state index contributed by atoms with van der Waals surface area (Å²) in [6.45, 7) is 0. The van der Waals surface area contributed by atoms with Gasteiger partial charge in [-0.05, 0) is 30.3 Å². The highest BCUT2D eigenvalue weighted by molar-refractivity contribution is 6.30. The van der Waals surface area contributed by atoms with Crippen molar-refractivity contribution >= 4 is 23.2 Å². The standard InChI is InChI=1S/C14H12Cl2O2/c1-17-13-4-2-3-5-14(13)18-12-7-6-11(16)8-10(12)9-15/h2-8H,9H2,1H3. The predicted octanol–water partition coefficient (Wildman–Crippen LogP) is 4.88. The Morgan fingerprint density at radius 3 is 2.39 bits per heavy atom. The number of halogens is 2. The van der Waals surface area contributed by atoms with Gasteiger partial charge in [0.15, 0.2) is 11.5 Å². The molecule has 0 bridgehead atoms. The first-order chi connectivity index (χ1) is 8.74. The number of rotatable bonds is 4. The number of hydrogen-bond donors (Lipinski definition) is 0. The lowest BCUT2D eigenvalue weighted by Crippen LogP contribution is -1.92. The summed E-state index contributed by atoms with van der Waals surface area (Å²) in [5.41, 5.74) is 0.843. The van der Waals surface area contributed by atoms with Gasteiger partial charge in [0.25, 0.3) is 0 Å². The molecule has 0 amide bonds. The third kappa shape index (κ3) is 2.89. The third-order valence-electron chi connectivity index (χ3n) is 2.46. The Morgan fingerprint density at radius 1 is 1.00 bits per heavy atom. The van der Waals surface area contributed by atoms with E-state index in [-0.39, 0.29) is 0 Å². The molecule has 0 atom stereocenters. The van der Waals surface area contributed by atoms with Gasteiger partial charge in [0.2, 0.25) is 0 Å². The fourth-order valence-corrected chi connectivity index (χ4v) is 1.98. The largest absolute Gasteiger partial charge is 0.493 e. The molecule has 0 saturated heterocycles. The maximum Gasteiger partial charge on any atom is 0.169 e. The zero-order valence-electron chi connectivity index (χ0n) is 9.82. The van der Waals surface area contributed by atoms with Crippen LogP contribution in [-0.4, -0.2) is 7.11 Å². The van der Waals surface area contributed by atoms with E-state index in [1.54, 1.807) is 25.3 Å². The van der Waals surface area contributed by atoms with Crippen LogP contribution in [-0.2, 0) is 5.88 Å². The highest BCUT2D eigenvalue weighted by Gasteiger charge is 2.08. The summed E-state index contributed by atoms with van der Waals surface area (Å²) in [6, 6.07) is 12.8. The van der Waals surface area contributed by atoms with Gasteiger partial charge in [0.1, 0.15) is 5.75 Å². The molecule has 0 spiro atoms. The van der Waals surface area contributed by atoms with Crippen LogP contribution >= 0.6 is 23.2 Å². The van der Waals surface area contributed by atoms with Crippen LogP contribution in [0, 0.1) is 0 Å². The molecule has 0 aromatic heterocycles. The molecular weight excluding hydrogens is 271 g/mol. The van der Waals surface area contributed by atoms with Crippen molar-refractivity contribution in [1.29, 1.82) is 0 Å². The fourth-order valence-electron chi connectivity index (χ4n) is 1.57. The third-order valence-corrected chi connectivity index (χ3v) is 2.98. The second-order valence-electron chi connectivity index (χ2n) is 3.64. The number of alkyl halides is 1. The van der Waals surface area contributed by atoms with Crippen LogP contribution in [0.2, 0.25) is 5.02 Å². The van der Waals surface area contributed by atoms with Crippen LogP contribution in [0.1, 0.15) is 5.56 Å². The summed E-state index contributed by atoms with van der Waals surface area (Å²) in [7, 11) is 1.60. The molecule has 0 unspecified atom stereocenters. The van der Waals surface area contributed by atoms with Crippen molar-refractivity contribution in [3.05, 3.63) is 53.1 Å². The van der Waals surface area contributed by atoms with E-state index in [2.05, 4.69) is 0 Å². The number of methoxy groups -OCH3 is 1. The molecule has 0 aliphatic rings. The minimum absolute atomic E-state index is 0.338. The van der Waals surface area contributed by atoms with Crippen LogP contribution in [0.5, 0.6) is 17.2 Å². The van der Waals surface area contributed by atoms with E-state index in [9.17, 15) is 0 Å². The van der Waals surface area contributed by atoms with E-state index in [1.165, 1.54) is 0 Å². The van der Waals surface area contributed by atoms with E-state index >= 15 is 0 Å². The van der Waals surface area contributed by atoms with E-state index in [1.807, 2.05) is 24.3 Å². The molecule has 94 valence electrons. The number of hydrogen-bond acceptors (Lipinski definition) is 2. The van der Waals surface area contributed by atoms with Crippen molar-refractivity contribution < 1.29 is 9.47 Å². The van der Waals surface area contributed by atoms with Gasteiger partial charge in [-0.3, -0.25) is 0 Å². The molecule has 18 heavy (non-hydrogen) atoms. The van der Waals surface area contributed by atoms with Crippen LogP contribution < -0.4 is 9.47 Å². The Morgan fingerprint density at radius 2 is 1.72 bits per heavy atom. The lowest BCUT2D eigenvalue weighted by molar-refractivity contribution is 0.378. The Labute approximate surface area is 116 Å². The maximum absolute atomic E-state index is 5.92. The average molecular weight is 283 g/mol. The lowest BCUT2D eigenvalue weighted by atomic mass is 10.2. The summed E-state index contributed by atoms with van der Waals surface area (Å²) in [4.78, 5) is 0. The minimum Gasteiger partial charge on any atom is -0.493 e. The Bertz CT molecular complexity index is 541. The number of benzene rings is 2. The summed E-state index contributed by atoms with van der Waals surface area (Å²) in [6.07, 6.45) is 0. The molecule has 2 nitrogen and oxygen atoms in total. The Hall–Kier alpha value is -1.38. The molecular formula is C14H12Cl2O2. The maximum atomic E-state index is 5.92. The molecule has 0 heterocycles. The van der Waals surface area contributed by atoms with Crippen LogP contribution in [0.25, 0.3) is 0 Å². The van der Waals surface area contributed by atoms with Crippen molar-refractivity contribution in [2.24, 2.45) is 0 Å². The molecule has 4 heteroatoms. The van der Waals surface area contributed by atoms with E-state index in [0.717, 1.165) is 5.56 Å². The molecule has 2 rings (SSSR count). The van der Waals surface area contributed by atoms with Crippen LogP contribution in [0.15, 0.2) is 42.5 Å². The Balaban J connectivity index is 2.33. The van der Waals surface area contributed by atoms with Crippen molar-refractivity contribution in [2.75, 3.05) is 7.11 Å². The topological polar surface area (TPSA) is 18.5 Å². The highest BCUT2D eigenvalue weighted by Crippen LogP contribution is 2.34. The van der Waals surface area contributed by atoms with E-state index in [0.29, 0.717) is 28.2 Å². The van der Waals surface area contributed by atoms with Crippen molar-refractivity contribution in [3.8, 4) is 17.2 Å². The molecule has 0 N–H and O–H groups in total. The van der Waals surface area contributed by atoms with Gasteiger partial charge in [-0.1, -0.05) is 23.7 Å². The fraction of sp³-hybridized carbons (Fsp3) is 0.143. The van der Waals surface area contributed by atoms with Crippen molar-refractivity contribution in [2.45, 2.75) is 5.88 Å². The van der Waals surface area contributed by atoms with Crippen LogP contribution in [0.4, 0.5) is 0 Å². The predicted molar refractivity (Wildman–Crippen MR) is 74.1 cm³/mol. The van der Waals surface area contributed by atoms with Gasteiger partial charge in [-0.25, -0.2) is 0 Å². The quantitative estimate of drug-likeness (QED) is 0.744. The van der Waals surface area contributed by atoms with Gasteiger partial charge < -0.3 is 9.47 Å². The highest BCUT2D eigenvalue weighted by atomic mass is 35.5. The zero-order chi connectivity index (χ0) is 13.0. The van der Waals surface area contributed by atoms with Gasteiger partial charge >= 0.3 is 0 Å². The first kappa shape index (κ1) is 13.1. The van der Waals surface area contributed by atoms with Gasteiger partial charge in [0.05, 0.1) is 13.0 Å². The molecule has 2 aromatic carbocycles. The minimum atomic E-state index is 0.338. The molecule has 0 aliphatic carbocycles. The average Bonchev–Trinajstić information content (AvgIpc) is 2.41. The molecule has 0 aliphatic heterocycles. The van der Waals surface area contributed by atoms with Crippen LogP contribution in [0.3, 0.4) is 0 Å². The SMILES string of the molecule is COc1ccccc1Oc1ccc(Cl)cc1CCl. The number of para-hydroxylation sites is 2. The molecule has 0 fully saturated rings. The first-order valence-corrected chi connectivity index (χ1v) is 6.31. The normalized spacial score (nSPS) is 10.2. The van der Waals surface area contributed by atoms with Gasteiger partial charge in [-0.15, -0.1) is 11.6 Å². The van der Waals surface area contributed by atoms with Gasteiger partial charge in [-0.2, -0.15) is 0 Å². The van der Waals surface area contributed by atoms with Gasteiger partial charge in [0, 0.05) is 10.6 Å². The smallest absolute Gasteiger partial charge is 0.169 e. The molecule has 0 saturated carbocycles. The van der Waals surface area contributed by atoms with E-state index in [4.69, 9.17) is 32.7 Å². The summed E-state index contributed by atoms with van der Waals surface area (Å²) in [5.74, 6) is 2.34. The number of ether oxygens (including phenoxy) is 2. The second-order valence-corrected chi connectivity index (χ2v) is 4.34. The summed E-state index contributed by atoms with van der Waals surface area (Å²) in [5, 5.41) is 0.637. The lowest BCUT2D eigenvalue weighted by Gasteiger charge is -2.12. The van der Waals surface area contributed by atoms with Crippen molar-refractivity contribution in [3.63, 3.8) is 0 Å². The summed E-state index contributed by atoms with van der Waals surface area (Å²) >= 11 is 11.8. The monoisotopic (exact) mass is 282 g/mol. The summed E-state index contributed by atoms with van der Waals surface area (Å²) < 4.78 is 11.0. The second kappa shape index (κ2) is 5.98. The molecule has 0 radical (unpaired) electrons. The first-order valence-electron chi connectivity index (χ1n) is 5.40. The van der Waals surface area contributed by atoms with Crippen molar-refractivity contribution in [1.82, 2.24) is 0 Å². The zero-order valence-corrected chi connectivity index (χ0v) is 11.3.